The van der Waals surface area contributed by atoms with Gasteiger partial charge in [-0.3, -0.25) is 14.9 Å². The summed E-state index contributed by atoms with van der Waals surface area (Å²) in [5.41, 5.74) is -0.205. The molecule has 2 N–H and O–H groups in total. The summed E-state index contributed by atoms with van der Waals surface area (Å²) in [5.74, 6) is -1.83. The number of rotatable bonds is 5. The Labute approximate surface area is 168 Å². The number of carbonyl (C=O) groups is 3. The normalized spacial score (nSPS) is 29.6. The first-order valence-electron chi connectivity index (χ1n) is 10.2. The minimum atomic E-state index is -0.956. The summed E-state index contributed by atoms with van der Waals surface area (Å²) in [6.07, 6.45) is 2.90. The smallest absolute Gasteiger partial charge is 0.322 e. The van der Waals surface area contributed by atoms with Crippen molar-refractivity contribution in [2.75, 3.05) is 13.1 Å². The van der Waals surface area contributed by atoms with Crippen molar-refractivity contribution in [3.8, 4) is 0 Å². The molecule has 0 radical (unpaired) electrons. The minimum absolute atomic E-state index is 0.0467. The molecule has 3 fully saturated rings. The van der Waals surface area contributed by atoms with Crippen LogP contribution in [0.3, 0.4) is 0 Å². The van der Waals surface area contributed by atoms with Crippen LogP contribution in [0.15, 0.2) is 18.2 Å². The first-order valence-corrected chi connectivity index (χ1v) is 10.2. The Morgan fingerprint density at radius 1 is 1.21 bits per heavy atom. The number of carbonyl (C=O) groups excluding carboxylic acids is 3. The van der Waals surface area contributed by atoms with Crippen LogP contribution < -0.4 is 10.6 Å². The Bertz CT molecular complexity index is 858. The Kier molecular flexibility index (Phi) is 5.04. The lowest BCUT2D eigenvalue weighted by atomic mass is 9.81. The Balaban J connectivity index is 1.36. The molecule has 0 aromatic heterocycles. The highest BCUT2D eigenvalue weighted by Gasteiger charge is 2.55. The molecule has 3 atom stereocenters. The SMILES string of the molecule is C[C@H]1CN(C(=O)CC[C@@]2(C3CC3)NC(=O)NC2=O)CC[C@H]1c1ccc(F)c(F)c1. The fraction of sp³-hybridized carbons (Fsp3) is 0.571. The third-order valence-electron chi connectivity index (χ3n) is 6.61. The zero-order chi connectivity index (χ0) is 20.8. The van der Waals surface area contributed by atoms with Crippen LogP contribution in [-0.2, 0) is 9.59 Å². The number of nitrogens with zero attached hydrogens (tertiary/aromatic N) is 1. The van der Waals surface area contributed by atoms with E-state index in [1.54, 1.807) is 11.0 Å². The van der Waals surface area contributed by atoms with E-state index in [-0.39, 0.29) is 36.0 Å². The van der Waals surface area contributed by atoms with E-state index in [1.807, 2.05) is 6.92 Å². The van der Waals surface area contributed by atoms with E-state index >= 15 is 0 Å². The van der Waals surface area contributed by atoms with Gasteiger partial charge in [0.25, 0.3) is 5.91 Å². The number of amides is 4. The quantitative estimate of drug-likeness (QED) is 0.740. The van der Waals surface area contributed by atoms with Gasteiger partial charge in [0.05, 0.1) is 0 Å². The molecule has 1 aromatic carbocycles. The second-order valence-corrected chi connectivity index (χ2v) is 8.54. The van der Waals surface area contributed by atoms with Gasteiger partial charge >= 0.3 is 6.03 Å². The molecule has 0 spiro atoms. The fourth-order valence-corrected chi connectivity index (χ4v) is 4.82. The van der Waals surface area contributed by atoms with Crippen LogP contribution in [0.25, 0.3) is 0 Å². The fourth-order valence-electron chi connectivity index (χ4n) is 4.82. The molecular weight excluding hydrogens is 380 g/mol. The van der Waals surface area contributed by atoms with Gasteiger partial charge < -0.3 is 10.2 Å². The topological polar surface area (TPSA) is 78.5 Å². The van der Waals surface area contributed by atoms with Crippen LogP contribution in [0, 0.1) is 23.5 Å². The van der Waals surface area contributed by atoms with E-state index in [4.69, 9.17) is 0 Å². The van der Waals surface area contributed by atoms with Crippen molar-refractivity contribution in [2.45, 2.75) is 50.5 Å². The molecule has 3 aliphatic rings. The van der Waals surface area contributed by atoms with Crippen molar-refractivity contribution in [3.63, 3.8) is 0 Å². The van der Waals surface area contributed by atoms with Gasteiger partial charge in [-0.2, -0.15) is 0 Å². The molecular formula is C21H25F2N3O3. The van der Waals surface area contributed by atoms with Crippen molar-refractivity contribution in [3.05, 3.63) is 35.4 Å². The number of imide groups is 1. The summed E-state index contributed by atoms with van der Waals surface area (Å²) in [7, 11) is 0. The first kappa shape index (κ1) is 19.8. The van der Waals surface area contributed by atoms with Gasteiger partial charge in [-0.25, -0.2) is 13.6 Å². The predicted octanol–water partition coefficient (Wildman–Crippen LogP) is 2.69. The average Bonchev–Trinajstić information content (AvgIpc) is 3.48. The second-order valence-electron chi connectivity index (χ2n) is 8.54. The zero-order valence-corrected chi connectivity index (χ0v) is 16.3. The summed E-state index contributed by atoms with van der Waals surface area (Å²) < 4.78 is 26.8. The Morgan fingerprint density at radius 3 is 2.55 bits per heavy atom. The predicted molar refractivity (Wildman–Crippen MR) is 101 cm³/mol. The van der Waals surface area contributed by atoms with Gasteiger partial charge in [0.1, 0.15) is 5.54 Å². The maximum absolute atomic E-state index is 13.6. The maximum atomic E-state index is 13.6. The summed E-state index contributed by atoms with van der Waals surface area (Å²) in [6.45, 7) is 3.06. The molecule has 4 rings (SSSR count). The van der Waals surface area contributed by atoms with Crippen LogP contribution in [0.5, 0.6) is 0 Å². The zero-order valence-electron chi connectivity index (χ0n) is 16.3. The Morgan fingerprint density at radius 2 is 1.97 bits per heavy atom. The molecule has 29 heavy (non-hydrogen) atoms. The molecule has 1 aliphatic carbocycles. The van der Waals surface area contributed by atoms with E-state index < -0.39 is 23.2 Å². The molecule has 2 saturated heterocycles. The third kappa shape index (κ3) is 3.72. The number of benzene rings is 1. The molecule has 6 nitrogen and oxygen atoms in total. The van der Waals surface area contributed by atoms with Crippen LogP contribution >= 0.6 is 0 Å². The second kappa shape index (κ2) is 7.39. The largest absolute Gasteiger partial charge is 0.342 e. The molecule has 2 aliphatic heterocycles. The highest BCUT2D eigenvalue weighted by atomic mass is 19.2. The monoisotopic (exact) mass is 405 g/mol. The van der Waals surface area contributed by atoms with Crippen LogP contribution in [-0.4, -0.2) is 41.4 Å². The highest BCUT2D eigenvalue weighted by molar-refractivity contribution is 6.07. The highest BCUT2D eigenvalue weighted by Crippen LogP contribution is 2.44. The summed E-state index contributed by atoms with van der Waals surface area (Å²) in [4.78, 5) is 38.5. The van der Waals surface area contributed by atoms with E-state index in [0.717, 1.165) is 24.5 Å². The van der Waals surface area contributed by atoms with Gasteiger partial charge in [-0.15, -0.1) is 0 Å². The van der Waals surface area contributed by atoms with E-state index in [0.29, 0.717) is 25.9 Å². The molecule has 1 saturated carbocycles. The van der Waals surface area contributed by atoms with Gasteiger partial charge in [-0.05, 0) is 61.1 Å². The van der Waals surface area contributed by atoms with E-state index in [9.17, 15) is 23.2 Å². The van der Waals surface area contributed by atoms with Crippen molar-refractivity contribution in [1.29, 1.82) is 0 Å². The van der Waals surface area contributed by atoms with Crippen molar-refractivity contribution in [2.24, 2.45) is 11.8 Å². The number of hydrogen-bond donors (Lipinski definition) is 2. The standard InChI is InChI=1S/C21H25F2N3O3/c1-12-11-26(9-7-15(12)13-2-5-16(22)17(23)10-13)18(27)6-8-21(14-3-4-14)19(28)24-20(29)25-21/h2,5,10,12,14-15H,3-4,6-9,11H2,1H3,(H2,24,25,28,29)/t12-,15+,21-/m0/s1. The van der Waals surface area contributed by atoms with Crippen molar-refractivity contribution >= 4 is 17.8 Å². The number of piperidine rings is 1. The lowest BCUT2D eigenvalue weighted by molar-refractivity contribution is -0.134. The number of likely N-dealkylation sites (tertiary alicyclic amines) is 1. The molecule has 2 heterocycles. The van der Waals surface area contributed by atoms with E-state index in [2.05, 4.69) is 10.6 Å². The van der Waals surface area contributed by atoms with E-state index in [1.165, 1.54) is 6.07 Å². The lowest BCUT2D eigenvalue weighted by Crippen LogP contribution is -2.50. The average molecular weight is 405 g/mol. The van der Waals surface area contributed by atoms with Crippen LogP contribution in [0.2, 0.25) is 0 Å². The van der Waals surface area contributed by atoms with Gasteiger partial charge in [0.2, 0.25) is 5.91 Å². The third-order valence-corrected chi connectivity index (χ3v) is 6.61. The summed E-state index contributed by atoms with van der Waals surface area (Å²) in [5, 5.41) is 5.05. The number of halogens is 2. The summed E-state index contributed by atoms with van der Waals surface area (Å²) in [6, 6.07) is 3.51. The van der Waals surface area contributed by atoms with Gasteiger partial charge in [-0.1, -0.05) is 13.0 Å². The number of urea groups is 1. The lowest BCUT2D eigenvalue weighted by Gasteiger charge is -2.38. The molecule has 156 valence electrons. The molecule has 0 bridgehead atoms. The van der Waals surface area contributed by atoms with Crippen molar-refractivity contribution in [1.82, 2.24) is 15.5 Å². The molecule has 8 heteroatoms. The maximum Gasteiger partial charge on any atom is 0.322 e. The van der Waals surface area contributed by atoms with Gasteiger partial charge in [0.15, 0.2) is 11.6 Å². The minimum Gasteiger partial charge on any atom is -0.342 e. The van der Waals surface area contributed by atoms with Crippen LogP contribution in [0.1, 0.15) is 50.5 Å². The van der Waals surface area contributed by atoms with Crippen molar-refractivity contribution < 1.29 is 23.2 Å². The van der Waals surface area contributed by atoms with Crippen LogP contribution in [0.4, 0.5) is 13.6 Å². The summed E-state index contributed by atoms with van der Waals surface area (Å²) >= 11 is 0. The number of nitrogens with one attached hydrogen (secondary N) is 2. The molecule has 1 aromatic rings. The van der Waals surface area contributed by atoms with Gasteiger partial charge in [0, 0.05) is 19.5 Å². The molecule has 0 unspecified atom stereocenters. The first-order chi connectivity index (χ1) is 13.8. The number of hydrogen-bond acceptors (Lipinski definition) is 3. The Hall–Kier alpha value is -2.51. The molecule has 4 amide bonds.